The minimum absolute atomic E-state index is 0.207. The SMILES string of the molecule is N=C(N)Nc1ccc(N(C=O)[SH](=O)=O)cc1. The molecule has 86 valence electrons. The van der Waals surface area contributed by atoms with Gasteiger partial charge in [-0.3, -0.25) is 10.2 Å². The van der Waals surface area contributed by atoms with Crippen molar-refractivity contribution >= 4 is 34.6 Å². The van der Waals surface area contributed by atoms with Crippen LogP contribution in [0.3, 0.4) is 0 Å². The maximum absolute atomic E-state index is 10.7. The smallest absolute Gasteiger partial charge is 0.231 e. The Hall–Kier alpha value is -2.09. The number of carbonyl (C=O) groups excluding carboxylic acids is 1. The quantitative estimate of drug-likeness (QED) is 0.245. The molecule has 1 aromatic carbocycles. The van der Waals surface area contributed by atoms with Crippen molar-refractivity contribution in [1.29, 1.82) is 5.41 Å². The fourth-order valence-electron chi connectivity index (χ4n) is 1.05. The Morgan fingerprint density at radius 3 is 2.31 bits per heavy atom. The fourth-order valence-corrected chi connectivity index (χ4v) is 1.45. The molecule has 0 saturated heterocycles. The van der Waals surface area contributed by atoms with Gasteiger partial charge in [-0.25, -0.2) is 12.7 Å². The van der Waals surface area contributed by atoms with Crippen LogP contribution in [0.2, 0.25) is 0 Å². The van der Waals surface area contributed by atoms with Gasteiger partial charge in [0.1, 0.15) is 0 Å². The van der Waals surface area contributed by atoms with Crippen LogP contribution < -0.4 is 15.4 Å². The number of rotatable bonds is 4. The summed E-state index contributed by atoms with van der Waals surface area (Å²) in [6, 6.07) is 5.85. The van der Waals surface area contributed by atoms with E-state index in [-0.39, 0.29) is 18.1 Å². The van der Waals surface area contributed by atoms with Gasteiger partial charge in [0, 0.05) is 5.69 Å². The molecule has 0 heterocycles. The normalized spacial score (nSPS) is 9.81. The first-order valence-electron chi connectivity index (χ1n) is 4.14. The average molecular weight is 242 g/mol. The fraction of sp³-hybridized carbons (Fsp3) is 0. The first-order valence-corrected chi connectivity index (χ1v) is 5.27. The predicted molar refractivity (Wildman–Crippen MR) is 60.8 cm³/mol. The van der Waals surface area contributed by atoms with Crippen LogP contribution in [0.4, 0.5) is 11.4 Å². The molecule has 0 aliphatic heterocycles. The van der Waals surface area contributed by atoms with Crippen LogP contribution >= 0.6 is 0 Å². The molecule has 0 saturated carbocycles. The zero-order chi connectivity index (χ0) is 12.1. The maximum Gasteiger partial charge on any atom is 0.231 e. The molecule has 7 nitrogen and oxygen atoms in total. The Bertz CT molecular complexity index is 461. The Morgan fingerprint density at radius 2 is 1.94 bits per heavy atom. The van der Waals surface area contributed by atoms with E-state index in [0.29, 0.717) is 9.99 Å². The van der Waals surface area contributed by atoms with Crippen molar-refractivity contribution < 1.29 is 13.2 Å². The molecular formula is C8H10N4O3S. The van der Waals surface area contributed by atoms with Crippen LogP contribution in [-0.2, 0) is 15.7 Å². The summed E-state index contributed by atoms with van der Waals surface area (Å²) in [5, 5.41) is 9.50. The Kier molecular flexibility index (Phi) is 3.84. The maximum atomic E-state index is 10.7. The molecular weight excluding hydrogens is 232 g/mol. The molecule has 0 aliphatic carbocycles. The molecule has 1 aromatic rings. The summed E-state index contributed by atoms with van der Waals surface area (Å²) in [7, 11) is -2.99. The van der Waals surface area contributed by atoms with Crippen molar-refractivity contribution in [3.05, 3.63) is 24.3 Å². The summed E-state index contributed by atoms with van der Waals surface area (Å²) in [4.78, 5) is 10.5. The van der Waals surface area contributed by atoms with E-state index < -0.39 is 10.9 Å². The molecule has 0 bridgehead atoms. The highest BCUT2D eigenvalue weighted by Crippen LogP contribution is 2.16. The second-order valence-electron chi connectivity index (χ2n) is 2.77. The van der Waals surface area contributed by atoms with Gasteiger partial charge < -0.3 is 11.1 Å². The lowest BCUT2D eigenvalue weighted by Gasteiger charge is -2.10. The third-order valence-electron chi connectivity index (χ3n) is 1.69. The lowest BCUT2D eigenvalue weighted by molar-refractivity contribution is -0.106. The van der Waals surface area contributed by atoms with Gasteiger partial charge in [-0.05, 0) is 24.3 Å². The number of nitrogens with one attached hydrogen (secondary N) is 2. The third kappa shape index (κ3) is 2.95. The van der Waals surface area contributed by atoms with Gasteiger partial charge in [-0.1, -0.05) is 0 Å². The largest absolute Gasteiger partial charge is 0.370 e. The summed E-state index contributed by atoms with van der Waals surface area (Å²) >= 11 is 0. The number of carbonyl (C=O) groups is 1. The monoisotopic (exact) mass is 242 g/mol. The molecule has 0 unspecified atom stereocenters. The van der Waals surface area contributed by atoms with Crippen LogP contribution in [0.5, 0.6) is 0 Å². The van der Waals surface area contributed by atoms with Gasteiger partial charge in [-0.2, -0.15) is 0 Å². The molecule has 8 heteroatoms. The van der Waals surface area contributed by atoms with Crippen LogP contribution in [-0.4, -0.2) is 20.8 Å². The zero-order valence-electron chi connectivity index (χ0n) is 8.08. The number of nitrogens with two attached hydrogens (primary N) is 1. The number of guanidine groups is 1. The average Bonchev–Trinajstić information content (AvgIpc) is 2.20. The molecule has 0 atom stereocenters. The van der Waals surface area contributed by atoms with E-state index >= 15 is 0 Å². The molecule has 0 radical (unpaired) electrons. The second kappa shape index (κ2) is 5.12. The van der Waals surface area contributed by atoms with E-state index in [2.05, 4.69) is 5.32 Å². The van der Waals surface area contributed by atoms with Gasteiger partial charge in [-0.15, -0.1) is 0 Å². The molecule has 0 spiro atoms. The second-order valence-corrected chi connectivity index (χ2v) is 3.68. The van der Waals surface area contributed by atoms with Crippen LogP contribution in [0.25, 0.3) is 0 Å². The summed E-state index contributed by atoms with van der Waals surface area (Å²) in [6.45, 7) is 0. The van der Waals surface area contributed by atoms with Crippen molar-refractivity contribution in [2.45, 2.75) is 0 Å². The van der Waals surface area contributed by atoms with Crippen molar-refractivity contribution in [3.8, 4) is 0 Å². The molecule has 1 rings (SSSR count). The minimum Gasteiger partial charge on any atom is -0.370 e. The zero-order valence-corrected chi connectivity index (χ0v) is 8.98. The number of hydrogen-bond acceptors (Lipinski definition) is 4. The predicted octanol–water partition coefficient (Wildman–Crippen LogP) is -0.519. The Labute approximate surface area is 93.5 Å². The van der Waals surface area contributed by atoms with Gasteiger partial charge in [0.2, 0.25) is 17.3 Å². The number of amides is 1. The van der Waals surface area contributed by atoms with Crippen molar-refractivity contribution in [2.24, 2.45) is 5.73 Å². The molecule has 0 aliphatic rings. The van der Waals surface area contributed by atoms with E-state index in [4.69, 9.17) is 11.1 Å². The van der Waals surface area contributed by atoms with E-state index in [0.717, 1.165) is 0 Å². The van der Waals surface area contributed by atoms with Crippen molar-refractivity contribution in [1.82, 2.24) is 0 Å². The minimum atomic E-state index is -2.99. The summed E-state index contributed by atoms with van der Waals surface area (Å²) in [5.74, 6) is -0.227. The highest BCUT2D eigenvalue weighted by atomic mass is 32.2. The standard InChI is InChI=1S/C8H10N4O3S/c9-8(10)11-6-1-3-7(4-2-6)12(5-13)16(14)15/h1-5,16H,(H4,9,10,11). The molecule has 0 fully saturated rings. The van der Waals surface area contributed by atoms with E-state index in [1.165, 1.54) is 24.3 Å². The number of nitrogens with zero attached hydrogens (tertiary/aromatic N) is 1. The van der Waals surface area contributed by atoms with E-state index in [1.807, 2.05) is 0 Å². The summed E-state index contributed by atoms with van der Waals surface area (Å²) in [6.07, 6.45) is 0.207. The molecule has 4 N–H and O–H groups in total. The highest BCUT2D eigenvalue weighted by molar-refractivity contribution is 7.74. The van der Waals surface area contributed by atoms with Crippen molar-refractivity contribution in [2.75, 3.05) is 9.62 Å². The first kappa shape index (κ1) is 12.0. The van der Waals surface area contributed by atoms with Gasteiger partial charge in [0.25, 0.3) is 0 Å². The van der Waals surface area contributed by atoms with Crippen LogP contribution in [0.1, 0.15) is 0 Å². The van der Waals surface area contributed by atoms with Crippen molar-refractivity contribution in [3.63, 3.8) is 0 Å². The first-order chi connectivity index (χ1) is 7.54. The van der Waals surface area contributed by atoms with Gasteiger partial charge >= 0.3 is 0 Å². The highest BCUT2D eigenvalue weighted by Gasteiger charge is 2.06. The number of thiol groups is 1. The van der Waals surface area contributed by atoms with Crippen LogP contribution in [0.15, 0.2) is 24.3 Å². The van der Waals surface area contributed by atoms with Gasteiger partial charge in [0.15, 0.2) is 5.96 Å². The third-order valence-corrected chi connectivity index (χ3v) is 2.36. The lowest BCUT2D eigenvalue weighted by atomic mass is 10.3. The molecule has 0 aromatic heterocycles. The number of hydrogen-bond donors (Lipinski definition) is 4. The molecule has 16 heavy (non-hydrogen) atoms. The lowest BCUT2D eigenvalue weighted by Crippen LogP contribution is -2.21. The topological polar surface area (TPSA) is 116 Å². The van der Waals surface area contributed by atoms with Gasteiger partial charge in [0.05, 0.1) is 5.69 Å². The molecule has 1 amide bonds. The Balaban J connectivity index is 2.93. The summed E-state index contributed by atoms with van der Waals surface area (Å²) in [5.41, 5.74) is 5.86. The van der Waals surface area contributed by atoms with E-state index in [1.54, 1.807) is 0 Å². The van der Waals surface area contributed by atoms with E-state index in [9.17, 15) is 13.2 Å². The Morgan fingerprint density at radius 1 is 1.38 bits per heavy atom. The number of benzene rings is 1. The number of anilines is 2. The summed E-state index contributed by atoms with van der Waals surface area (Å²) < 4.78 is 21.9. The van der Waals surface area contributed by atoms with Crippen LogP contribution in [0, 0.1) is 5.41 Å².